The molecule has 1 aromatic heterocycles. The van der Waals surface area contributed by atoms with Crippen LogP contribution in [0.2, 0.25) is 0 Å². The summed E-state index contributed by atoms with van der Waals surface area (Å²) in [7, 11) is 1.57. The third-order valence-electron chi connectivity index (χ3n) is 4.10. The Labute approximate surface area is 122 Å². The molecule has 1 fully saturated rings. The fraction of sp³-hybridized carbons (Fsp3) is 0.438. The maximum absolute atomic E-state index is 11.4. The van der Waals surface area contributed by atoms with Crippen LogP contribution in [0.15, 0.2) is 22.6 Å². The van der Waals surface area contributed by atoms with Crippen molar-refractivity contribution in [3.05, 3.63) is 24.0 Å². The fourth-order valence-corrected chi connectivity index (χ4v) is 2.88. The molecule has 3 rings (SSSR count). The van der Waals surface area contributed by atoms with Crippen LogP contribution in [0.3, 0.4) is 0 Å². The average Bonchev–Trinajstić information content (AvgIpc) is 3.03. The highest BCUT2D eigenvalue weighted by Crippen LogP contribution is 2.39. The van der Waals surface area contributed by atoms with E-state index in [1.54, 1.807) is 25.3 Å². The summed E-state index contributed by atoms with van der Waals surface area (Å²) in [5.41, 5.74) is 0.494. The minimum absolute atomic E-state index is 0.0371. The topological polar surface area (TPSA) is 68.9 Å². The summed E-state index contributed by atoms with van der Waals surface area (Å²) >= 11 is 0. The highest BCUT2D eigenvalue weighted by atomic mass is 16.5. The number of aromatic carboxylic acids is 1. The van der Waals surface area contributed by atoms with E-state index in [2.05, 4.69) is 6.92 Å². The zero-order valence-electron chi connectivity index (χ0n) is 12.1. The number of ether oxygens (including phenoxy) is 2. The summed E-state index contributed by atoms with van der Waals surface area (Å²) in [4.78, 5) is 11.4. The van der Waals surface area contributed by atoms with Gasteiger partial charge in [-0.1, -0.05) is 6.92 Å². The molecule has 0 bridgehead atoms. The maximum Gasteiger partial charge on any atom is 0.375 e. The number of rotatable bonds is 4. The monoisotopic (exact) mass is 290 g/mol. The molecular formula is C16H18O5. The van der Waals surface area contributed by atoms with E-state index < -0.39 is 5.97 Å². The predicted octanol–water partition coefficient (Wildman–Crippen LogP) is 3.71. The quantitative estimate of drug-likeness (QED) is 0.929. The van der Waals surface area contributed by atoms with Crippen molar-refractivity contribution in [3.8, 4) is 11.5 Å². The Balaban J connectivity index is 2.07. The van der Waals surface area contributed by atoms with Crippen molar-refractivity contribution >= 4 is 16.9 Å². The number of benzene rings is 1. The molecule has 5 heteroatoms. The van der Waals surface area contributed by atoms with E-state index in [4.69, 9.17) is 13.9 Å². The summed E-state index contributed by atoms with van der Waals surface area (Å²) in [6.07, 6.45) is 3.19. The van der Waals surface area contributed by atoms with E-state index in [0.717, 1.165) is 19.3 Å². The van der Waals surface area contributed by atoms with Gasteiger partial charge in [-0.15, -0.1) is 0 Å². The third kappa shape index (κ3) is 2.44. The third-order valence-corrected chi connectivity index (χ3v) is 4.10. The molecule has 0 saturated heterocycles. The van der Waals surface area contributed by atoms with E-state index in [-0.39, 0.29) is 11.9 Å². The predicted molar refractivity (Wildman–Crippen MR) is 77.2 cm³/mol. The first-order chi connectivity index (χ1) is 10.1. The zero-order chi connectivity index (χ0) is 15.0. The van der Waals surface area contributed by atoms with Crippen LogP contribution in [-0.4, -0.2) is 24.3 Å². The molecule has 2 unspecified atom stereocenters. The van der Waals surface area contributed by atoms with Crippen LogP contribution in [0.1, 0.15) is 36.7 Å². The lowest BCUT2D eigenvalue weighted by Crippen LogP contribution is -2.19. The van der Waals surface area contributed by atoms with E-state index in [9.17, 15) is 9.90 Å². The van der Waals surface area contributed by atoms with Crippen molar-refractivity contribution in [2.75, 3.05) is 7.11 Å². The first-order valence-electron chi connectivity index (χ1n) is 7.10. The van der Waals surface area contributed by atoms with Gasteiger partial charge in [0.1, 0.15) is 17.4 Å². The molecule has 2 atom stereocenters. The maximum atomic E-state index is 11.4. The lowest BCUT2D eigenvalue weighted by atomic mass is 10.1. The van der Waals surface area contributed by atoms with Crippen molar-refractivity contribution in [2.24, 2.45) is 5.92 Å². The van der Waals surface area contributed by atoms with Gasteiger partial charge in [0.2, 0.25) is 0 Å². The van der Waals surface area contributed by atoms with Gasteiger partial charge in [0, 0.05) is 0 Å². The number of furan rings is 1. The molecule has 112 valence electrons. The Morgan fingerprint density at radius 1 is 1.38 bits per heavy atom. The minimum Gasteiger partial charge on any atom is -0.497 e. The Bertz CT molecular complexity index is 673. The lowest BCUT2D eigenvalue weighted by Gasteiger charge is -2.17. The van der Waals surface area contributed by atoms with Crippen molar-refractivity contribution in [2.45, 2.75) is 32.3 Å². The molecule has 0 radical (unpaired) electrons. The van der Waals surface area contributed by atoms with Gasteiger partial charge < -0.3 is 19.0 Å². The van der Waals surface area contributed by atoms with Gasteiger partial charge in [-0.3, -0.25) is 0 Å². The summed E-state index contributed by atoms with van der Waals surface area (Å²) in [5, 5.41) is 9.97. The van der Waals surface area contributed by atoms with E-state index in [0.29, 0.717) is 28.4 Å². The lowest BCUT2D eigenvalue weighted by molar-refractivity contribution is 0.0651. The fourth-order valence-electron chi connectivity index (χ4n) is 2.88. The van der Waals surface area contributed by atoms with Gasteiger partial charge in [0.25, 0.3) is 5.76 Å². The van der Waals surface area contributed by atoms with Gasteiger partial charge in [-0.2, -0.15) is 0 Å². The summed E-state index contributed by atoms with van der Waals surface area (Å²) in [5.74, 6) is 0.116. The largest absolute Gasteiger partial charge is 0.497 e. The van der Waals surface area contributed by atoms with Gasteiger partial charge >= 0.3 is 5.97 Å². The molecule has 1 aliphatic carbocycles. The van der Waals surface area contributed by atoms with Gasteiger partial charge in [-0.25, -0.2) is 4.79 Å². The molecule has 0 spiro atoms. The van der Waals surface area contributed by atoms with Crippen molar-refractivity contribution in [1.82, 2.24) is 0 Å². The Kier molecular flexibility index (Phi) is 3.49. The molecule has 21 heavy (non-hydrogen) atoms. The Morgan fingerprint density at radius 3 is 2.81 bits per heavy atom. The number of carbonyl (C=O) groups is 1. The second-order valence-corrected chi connectivity index (χ2v) is 5.49. The van der Waals surface area contributed by atoms with Gasteiger partial charge in [0.05, 0.1) is 12.5 Å². The Hall–Kier alpha value is -2.17. The van der Waals surface area contributed by atoms with Crippen molar-refractivity contribution < 1.29 is 23.8 Å². The molecule has 1 aliphatic rings. The molecular weight excluding hydrogens is 272 g/mol. The normalized spacial score (nSPS) is 21.6. The summed E-state index contributed by atoms with van der Waals surface area (Å²) in [6.45, 7) is 2.13. The Morgan fingerprint density at radius 2 is 2.19 bits per heavy atom. The molecule has 1 saturated carbocycles. The number of hydrogen-bond acceptors (Lipinski definition) is 4. The van der Waals surface area contributed by atoms with Gasteiger partial charge in [0.15, 0.2) is 5.75 Å². The van der Waals surface area contributed by atoms with Crippen LogP contribution in [0, 0.1) is 5.92 Å². The highest BCUT2D eigenvalue weighted by Gasteiger charge is 2.30. The highest BCUT2D eigenvalue weighted by molar-refractivity contribution is 5.98. The van der Waals surface area contributed by atoms with Crippen LogP contribution in [-0.2, 0) is 0 Å². The van der Waals surface area contributed by atoms with E-state index in [1.165, 1.54) is 0 Å². The molecule has 2 aromatic rings. The van der Waals surface area contributed by atoms with Crippen LogP contribution in [0.5, 0.6) is 11.5 Å². The van der Waals surface area contributed by atoms with Crippen LogP contribution >= 0.6 is 0 Å². The molecule has 1 N–H and O–H groups in total. The van der Waals surface area contributed by atoms with Crippen molar-refractivity contribution in [1.29, 1.82) is 0 Å². The summed E-state index contributed by atoms with van der Waals surface area (Å²) < 4.78 is 16.6. The first kappa shape index (κ1) is 13.8. The van der Waals surface area contributed by atoms with Crippen LogP contribution in [0.4, 0.5) is 0 Å². The van der Waals surface area contributed by atoms with Crippen LogP contribution < -0.4 is 9.47 Å². The van der Waals surface area contributed by atoms with Gasteiger partial charge in [-0.05, 0) is 43.4 Å². The summed E-state index contributed by atoms with van der Waals surface area (Å²) in [6, 6.07) is 5.19. The smallest absolute Gasteiger partial charge is 0.375 e. The second-order valence-electron chi connectivity index (χ2n) is 5.49. The second kappa shape index (κ2) is 5.31. The number of carboxylic acids is 1. The van der Waals surface area contributed by atoms with Crippen molar-refractivity contribution in [3.63, 3.8) is 0 Å². The first-order valence-corrected chi connectivity index (χ1v) is 7.10. The standard InChI is InChI=1S/C16H18O5/c1-9-4-3-5-12(9)20-14-11-8-10(19-2)6-7-13(11)21-15(14)16(17)18/h6-9,12H,3-5H2,1-2H3,(H,17,18). The van der Waals surface area contributed by atoms with E-state index >= 15 is 0 Å². The minimum atomic E-state index is -1.12. The van der Waals surface area contributed by atoms with E-state index in [1.807, 2.05) is 0 Å². The van der Waals surface area contributed by atoms with Crippen LogP contribution in [0.25, 0.3) is 11.0 Å². The average molecular weight is 290 g/mol. The molecule has 1 heterocycles. The number of carboxylic acid groups (broad SMARTS) is 1. The zero-order valence-corrected chi connectivity index (χ0v) is 12.1. The SMILES string of the molecule is COc1ccc2oc(C(=O)O)c(OC3CCCC3C)c2c1. The number of fused-ring (bicyclic) bond motifs is 1. The molecule has 0 amide bonds. The molecule has 1 aromatic carbocycles. The number of methoxy groups -OCH3 is 1. The molecule has 5 nitrogen and oxygen atoms in total. The molecule has 0 aliphatic heterocycles. The number of hydrogen-bond donors (Lipinski definition) is 1.